The van der Waals surface area contributed by atoms with Gasteiger partial charge < -0.3 is 9.47 Å². The molecule has 0 aromatic heterocycles. The van der Waals surface area contributed by atoms with Crippen molar-refractivity contribution in [1.29, 1.82) is 5.26 Å². The zero-order valence-corrected chi connectivity index (χ0v) is 9.02. The standard InChI is InChI=1S/C11H11NO4/c1-3-10(14)16-11(15-2)6-8(7-12)4-5-9(11)13/h4-6H,3H2,1-2H3. The van der Waals surface area contributed by atoms with Gasteiger partial charge in [-0.3, -0.25) is 9.59 Å². The van der Waals surface area contributed by atoms with Crippen LogP contribution in [-0.4, -0.2) is 24.6 Å². The summed E-state index contributed by atoms with van der Waals surface area (Å²) < 4.78 is 9.86. The number of carbonyl (C=O) groups excluding carboxylic acids is 2. The Morgan fingerprint density at radius 2 is 2.25 bits per heavy atom. The van der Waals surface area contributed by atoms with Crippen molar-refractivity contribution < 1.29 is 19.1 Å². The van der Waals surface area contributed by atoms with Crippen molar-refractivity contribution in [3.8, 4) is 6.07 Å². The molecule has 0 aliphatic heterocycles. The molecule has 0 spiro atoms. The van der Waals surface area contributed by atoms with Gasteiger partial charge in [0.05, 0.1) is 11.6 Å². The van der Waals surface area contributed by atoms with Crippen LogP contribution >= 0.6 is 0 Å². The van der Waals surface area contributed by atoms with Gasteiger partial charge >= 0.3 is 5.97 Å². The molecule has 0 saturated carbocycles. The van der Waals surface area contributed by atoms with Crippen LogP contribution in [0.1, 0.15) is 13.3 Å². The molecule has 0 amide bonds. The summed E-state index contributed by atoms with van der Waals surface area (Å²) in [7, 11) is 1.24. The number of hydrogen-bond acceptors (Lipinski definition) is 5. The van der Waals surface area contributed by atoms with Gasteiger partial charge in [0.15, 0.2) is 0 Å². The first-order valence-corrected chi connectivity index (χ1v) is 4.70. The Morgan fingerprint density at radius 1 is 1.56 bits per heavy atom. The molecule has 0 bridgehead atoms. The minimum absolute atomic E-state index is 0.123. The smallest absolute Gasteiger partial charge is 0.308 e. The molecule has 0 saturated heterocycles. The van der Waals surface area contributed by atoms with E-state index in [1.54, 1.807) is 6.92 Å². The molecule has 1 aliphatic carbocycles. The van der Waals surface area contributed by atoms with Crippen molar-refractivity contribution in [2.75, 3.05) is 7.11 Å². The van der Waals surface area contributed by atoms with E-state index in [9.17, 15) is 9.59 Å². The third-order valence-electron chi connectivity index (χ3n) is 2.09. The van der Waals surface area contributed by atoms with Crippen LogP contribution in [0, 0.1) is 11.3 Å². The number of methoxy groups -OCH3 is 1. The fourth-order valence-corrected chi connectivity index (χ4v) is 1.20. The minimum Gasteiger partial charge on any atom is -0.421 e. The summed E-state index contributed by atoms with van der Waals surface area (Å²) in [5.41, 5.74) is 0.213. The summed E-state index contributed by atoms with van der Waals surface area (Å²) in [5.74, 6) is -2.87. The highest BCUT2D eigenvalue weighted by atomic mass is 16.7. The van der Waals surface area contributed by atoms with Crippen LogP contribution in [0.25, 0.3) is 0 Å². The van der Waals surface area contributed by atoms with Crippen LogP contribution in [0.3, 0.4) is 0 Å². The third-order valence-corrected chi connectivity index (χ3v) is 2.09. The molecule has 84 valence electrons. The SMILES string of the molecule is CCC(=O)OC1(OC)C=C(C#N)C=CC1=O. The number of carbonyl (C=O) groups is 2. The van der Waals surface area contributed by atoms with Crippen LogP contribution in [0.15, 0.2) is 23.8 Å². The van der Waals surface area contributed by atoms with Crippen molar-refractivity contribution in [3.63, 3.8) is 0 Å². The molecule has 0 radical (unpaired) electrons. The van der Waals surface area contributed by atoms with Crippen LogP contribution in [0.2, 0.25) is 0 Å². The quantitative estimate of drug-likeness (QED) is 0.522. The molecular formula is C11H11NO4. The van der Waals surface area contributed by atoms with E-state index in [-0.39, 0.29) is 12.0 Å². The fourth-order valence-electron chi connectivity index (χ4n) is 1.20. The van der Waals surface area contributed by atoms with E-state index in [1.807, 2.05) is 6.07 Å². The first-order valence-electron chi connectivity index (χ1n) is 4.70. The van der Waals surface area contributed by atoms with Gasteiger partial charge in [0.2, 0.25) is 5.78 Å². The highest BCUT2D eigenvalue weighted by Crippen LogP contribution is 2.23. The van der Waals surface area contributed by atoms with E-state index in [0.29, 0.717) is 0 Å². The first kappa shape index (κ1) is 12.1. The molecule has 1 aliphatic rings. The maximum Gasteiger partial charge on any atom is 0.308 e. The number of allylic oxidation sites excluding steroid dienone is 2. The molecule has 0 aromatic carbocycles. The van der Waals surface area contributed by atoms with Crippen molar-refractivity contribution >= 4 is 11.8 Å². The lowest BCUT2D eigenvalue weighted by Gasteiger charge is -2.27. The number of nitrogens with zero attached hydrogens (tertiary/aromatic N) is 1. The average Bonchev–Trinajstić information content (AvgIpc) is 2.31. The van der Waals surface area contributed by atoms with E-state index in [4.69, 9.17) is 14.7 Å². The monoisotopic (exact) mass is 221 g/mol. The van der Waals surface area contributed by atoms with Gasteiger partial charge in [-0.1, -0.05) is 6.92 Å². The Morgan fingerprint density at radius 3 is 2.75 bits per heavy atom. The summed E-state index contributed by atoms with van der Waals surface area (Å²) >= 11 is 0. The zero-order valence-electron chi connectivity index (χ0n) is 9.02. The molecular weight excluding hydrogens is 210 g/mol. The highest BCUT2D eigenvalue weighted by Gasteiger charge is 2.41. The Hall–Kier alpha value is -1.93. The second-order valence-electron chi connectivity index (χ2n) is 3.11. The van der Waals surface area contributed by atoms with Crippen LogP contribution in [0.5, 0.6) is 0 Å². The van der Waals surface area contributed by atoms with Gasteiger partial charge in [0.1, 0.15) is 0 Å². The first-order chi connectivity index (χ1) is 7.57. The van der Waals surface area contributed by atoms with E-state index in [0.717, 1.165) is 6.08 Å². The molecule has 0 aromatic rings. The van der Waals surface area contributed by atoms with E-state index < -0.39 is 17.5 Å². The van der Waals surface area contributed by atoms with E-state index in [2.05, 4.69) is 0 Å². The predicted octanol–water partition coefficient (Wildman–Crippen LogP) is 0.871. The maximum absolute atomic E-state index is 11.6. The number of rotatable bonds is 3. The Balaban J connectivity index is 3.07. The van der Waals surface area contributed by atoms with Gasteiger partial charge in [-0.05, 0) is 12.2 Å². The van der Waals surface area contributed by atoms with Gasteiger partial charge in [-0.25, -0.2) is 0 Å². The summed E-state index contributed by atoms with van der Waals surface area (Å²) in [6.45, 7) is 1.60. The molecule has 1 atom stereocenters. The summed E-state index contributed by atoms with van der Waals surface area (Å²) in [6.07, 6.45) is 3.82. The summed E-state index contributed by atoms with van der Waals surface area (Å²) in [4.78, 5) is 22.8. The fraction of sp³-hybridized carbons (Fsp3) is 0.364. The average molecular weight is 221 g/mol. The lowest BCUT2D eigenvalue weighted by molar-refractivity contribution is -0.200. The van der Waals surface area contributed by atoms with Gasteiger partial charge in [0.25, 0.3) is 5.79 Å². The van der Waals surface area contributed by atoms with Crippen LogP contribution in [0.4, 0.5) is 0 Å². The van der Waals surface area contributed by atoms with Crippen LogP contribution < -0.4 is 0 Å². The van der Waals surface area contributed by atoms with Crippen molar-refractivity contribution in [3.05, 3.63) is 23.8 Å². The molecule has 16 heavy (non-hydrogen) atoms. The van der Waals surface area contributed by atoms with Gasteiger partial charge in [-0.15, -0.1) is 0 Å². The molecule has 5 nitrogen and oxygen atoms in total. The molecule has 1 unspecified atom stereocenters. The number of esters is 1. The second-order valence-corrected chi connectivity index (χ2v) is 3.11. The Bertz CT molecular complexity index is 416. The lowest BCUT2D eigenvalue weighted by atomic mass is 10.0. The number of ether oxygens (including phenoxy) is 2. The van der Waals surface area contributed by atoms with Crippen molar-refractivity contribution in [2.24, 2.45) is 0 Å². The van der Waals surface area contributed by atoms with Gasteiger partial charge in [0, 0.05) is 19.6 Å². The topological polar surface area (TPSA) is 76.4 Å². The van der Waals surface area contributed by atoms with Crippen molar-refractivity contribution in [2.45, 2.75) is 19.1 Å². The zero-order chi connectivity index (χ0) is 12.2. The second kappa shape index (κ2) is 4.73. The Kier molecular flexibility index (Phi) is 3.59. The highest BCUT2D eigenvalue weighted by molar-refractivity contribution is 6.00. The van der Waals surface area contributed by atoms with E-state index >= 15 is 0 Å². The van der Waals surface area contributed by atoms with Crippen molar-refractivity contribution in [1.82, 2.24) is 0 Å². The molecule has 0 heterocycles. The Labute approximate surface area is 92.9 Å². The number of nitriles is 1. The number of ketones is 1. The molecule has 1 rings (SSSR count). The maximum atomic E-state index is 11.6. The lowest BCUT2D eigenvalue weighted by Crippen LogP contribution is -2.44. The van der Waals surface area contributed by atoms with Crippen LogP contribution in [-0.2, 0) is 19.1 Å². The predicted molar refractivity (Wildman–Crippen MR) is 54.0 cm³/mol. The summed E-state index contributed by atoms with van der Waals surface area (Å²) in [6, 6.07) is 1.86. The molecule has 5 heteroatoms. The molecule has 0 fully saturated rings. The minimum atomic E-state index is -1.78. The largest absolute Gasteiger partial charge is 0.421 e. The van der Waals surface area contributed by atoms with Gasteiger partial charge in [-0.2, -0.15) is 5.26 Å². The number of hydrogen-bond donors (Lipinski definition) is 0. The van der Waals surface area contributed by atoms with E-state index in [1.165, 1.54) is 19.3 Å². The third kappa shape index (κ3) is 2.18. The summed E-state index contributed by atoms with van der Waals surface area (Å²) in [5, 5.41) is 8.72. The molecule has 0 N–H and O–H groups in total. The normalized spacial score (nSPS) is 23.6.